The lowest BCUT2D eigenvalue weighted by Gasteiger charge is -2.15. The molecule has 2 aromatic carbocycles. The Morgan fingerprint density at radius 2 is 1.95 bits per heavy atom. The van der Waals surface area contributed by atoms with Gasteiger partial charge in [0.05, 0.1) is 4.47 Å². The van der Waals surface area contributed by atoms with Crippen LogP contribution in [0.1, 0.15) is 25.5 Å². The Hall–Kier alpha value is -0.970. The van der Waals surface area contributed by atoms with Crippen molar-refractivity contribution in [2.75, 3.05) is 12.8 Å². The first kappa shape index (κ1) is 16.4. The zero-order valence-corrected chi connectivity index (χ0v) is 14.9. The van der Waals surface area contributed by atoms with Gasteiger partial charge in [0.25, 0.3) is 0 Å². The standard InChI is InChI=1S/C17H20BrNOS/c1-4-19-12(2)13-9-10-15(14(18)11-13)20-16-7-5-6-8-17(16)21-3/h5-12,19H,4H2,1-3H3. The molecule has 0 bridgehead atoms. The summed E-state index contributed by atoms with van der Waals surface area (Å²) < 4.78 is 7.01. The first-order valence-electron chi connectivity index (χ1n) is 6.99. The van der Waals surface area contributed by atoms with Gasteiger partial charge >= 0.3 is 0 Å². The minimum atomic E-state index is 0.332. The molecule has 1 atom stereocenters. The quantitative estimate of drug-likeness (QED) is 0.669. The second-order valence-electron chi connectivity index (χ2n) is 4.72. The fourth-order valence-electron chi connectivity index (χ4n) is 2.11. The number of rotatable bonds is 6. The van der Waals surface area contributed by atoms with Crippen molar-refractivity contribution in [2.24, 2.45) is 0 Å². The van der Waals surface area contributed by atoms with Crippen LogP contribution >= 0.6 is 27.7 Å². The van der Waals surface area contributed by atoms with Gasteiger partial charge in [0.1, 0.15) is 11.5 Å². The molecular formula is C17H20BrNOS. The van der Waals surface area contributed by atoms with Gasteiger partial charge < -0.3 is 10.1 Å². The molecule has 2 rings (SSSR count). The molecule has 1 N–H and O–H groups in total. The number of hydrogen-bond acceptors (Lipinski definition) is 3. The highest BCUT2D eigenvalue weighted by Gasteiger charge is 2.10. The number of para-hydroxylation sites is 1. The number of hydrogen-bond donors (Lipinski definition) is 1. The molecule has 0 saturated carbocycles. The van der Waals surface area contributed by atoms with E-state index in [9.17, 15) is 0 Å². The minimum Gasteiger partial charge on any atom is -0.455 e. The highest BCUT2D eigenvalue weighted by atomic mass is 79.9. The van der Waals surface area contributed by atoms with Crippen molar-refractivity contribution in [3.63, 3.8) is 0 Å². The summed E-state index contributed by atoms with van der Waals surface area (Å²) in [6.07, 6.45) is 2.05. The highest BCUT2D eigenvalue weighted by Crippen LogP contribution is 2.35. The summed E-state index contributed by atoms with van der Waals surface area (Å²) in [7, 11) is 0. The van der Waals surface area contributed by atoms with Crippen molar-refractivity contribution in [1.82, 2.24) is 5.32 Å². The van der Waals surface area contributed by atoms with E-state index in [0.717, 1.165) is 27.4 Å². The average Bonchev–Trinajstić information content (AvgIpc) is 2.50. The summed E-state index contributed by atoms with van der Waals surface area (Å²) in [5.41, 5.74) is 1.24. The molecule has 4 heteroatoms. The van der Waals surface area contributed by atoms with Crippen LogP contribution in [-0.2, 0) is 0 Å². The maximum absolute atomic E-state index is 6.04. The number of thioether (sulfide) groups is 1. The highest BCUT2D eigenvalue weighted by molar-refractivity contribution is 9.10. The van der Waals surface area contributed by atoms with Crippen molar-refractivity contribution in [3.8, 4) is 11.5 Å². The predicted molar refractivity (Wildman–Crippen MR) is 94.5 cm³/mol. The van der Waals surface area contributed by atoms with Gasteiger partial charge in [0.15, 0.2) is 0 Å². The first-order valence-corrected chi connectivity index (χ1v) is 9.01. The van der Waals surface area contributed by atoms with Crippen LogP contribution in [0.15, 0.2) is 51.8 Å². The smallest absolute Gasteiger partial charge is 0.141 e. The zero-order valence-electron chi connectivity index (χ0n) is 12.5. The van der Waals surface area contributed by atoms with Crippen LogP contribution in [0.3, 0.4) is 0 Å². The Labute approximate surface area is 139 Å². The van der Waals surface area contributed by atoms with Gasteiger partial charge in [-0.05, 0) is 65.5 Å². The molecule has 0 spiro atoms. The maximum atomic E-state index is 6.04. The molecule has 0 heterocycles. The normalized spacial score (nSPS) is 12.2. The topological polar surface area (TPSA) is 21.3 Å². The number of nitrogens with one attached hydrogen (secondary N) is 1. The number of benzene rings is 2. The molecule has 112 valence electrons. The second-order valence-corrected chi connectivity index (χ2v) is 6.42. The monoisotopic (exact) mass is 365 g/mol. The van der Waals surface area contributed by atoms with E-state index >= 15 is 0 Å². The lowest BCUT2D eigenvalue weighted by atomic mass is 10.1. The molecule has 0 amide bonds. The molecule has 0 aliphatic rings. The van der Waals surface area contributed by atoms with E-state index in [-0.39, 0.29) is 0 Å². The zero-order chi connectivity index (χ0) is 15.2. The molecular weight excluding hydrogens is 346 g/mol. The Morgan fingerprint density at radius 3 is 2.62 bits per heavy atom. The summed E-state index contributed by atoms with van der Waals surface area (Å²) >= 11 is 5.30. The fraction of sp³-hybridized carbons (Fsp3) is 0.294. The molecule has 1 unspecified atom stereocenters. The van der Waals surface area contributed by atoms with Gasteiger partial charge in [-0.2, -0.15) is 0 Å². The van der Waals surface area contributed by atoms with Crippen molar-refractivity contribution >= 4 is 27.7 Å². The Kier molecular flexibility index (Phi) is 6.15. The van der Waals surface area contributed by atoms with Crippen molar-refractivity contribution in [1.29, 1.82) is 0 Å². The van der Waals surface area contributed by atoms with Gasteiger partial charge in [-0.25, -0.2) is 0 Å². The fourth-order valence-corrected chi connectivity index (χ4v) is 3.12. The SMILES string of the molecule is CCNC(C)c1ccc(Oc2ccccc2SC)c(Br)c1. The van der Waals surface area contributed by atoms with E-state index in [4.69, 9.17) is 4.74 Å². The molecule has 21 heavy (non-hydrogen) atoms. The Balaban J connectivity index is 2.21. The van der Waals surface area contributed by atoms with Crippen LogP contribution in [0.4, 0.5) is 0 Å². The lowest BCUT2D eigenvalue weighted by molar-refractivity contribution is 0.467. The minimum absolute atomic E-state index is 0.332. The van der Waals surface area contributed by atoms with Crippen LogP contribution in [0.25, 0.3) is 0 Å². The van der Waals surface area contributed by atoms with E-state index < -0.39 is 0 Å². The maximum Gasteiger partial charge on any atom is 0.141 e. The van der Waals surface area contributed by atoms with Crippen LogP contribution in [0, 0.1) is 0 Å². The largest absolute Gasteiger partial charge is 0.455 e. The average molecular weight is 366 g/mol. The van der Waals surface area contributed by atoms with Crippen LogP contribution in [-0.4, -0.2) is 12.8 Å². The summed E-state index contributed by atoms with van der Waals surface area (Å²) in [5, 5.41) is 3.41. The van der Waals surface area contributed by atoms with Gasteiger partial charge in [0.2, 0.25) is 0 Å². The third kappa shape index (κ3) is 4.25. The van der Waals surface area contributed by atoms with Crippen LogP contribution in [0.5, 0.6) is 11.5 Å². The number of ether oxygens (including phenoxy) is 1. The van der Waals surface area contributed by atoms with Gasteiger partial charge in [0, 0.05) is 10.9 Å². The van der Waals surface area contributed by atoms with Crippen molar-refractivity contribution in [2.45, 2.75) is 24.8 Å². The Morgan fingerprint density at radius 1 is 1.19 bits per heavy atom. The second kappa shape index (κ2) is 7.87. The third-order valence-corrected chi connectivity index (χ3v) is 4.65. The third-order valence-electron chi connectivity index (χ3n) is 3.26. The van der Waals surface area contributed by atoms with Crippen LogP contribution < -0.4 is 10.1 Å². The molecule has 0 aromatic heterocycles. The predicted octanol–water partition coefficient (Wildman–Crippen LogP) is 5.63. The molecule has 0 radical (unpaired) electrons. The van der Waals surface area contributed by atoms with E-state index in [0.29, 0.717) is 6.04 Å². The van der Waals surface area contributed by atoms with Gasteiger partial charge in [-0.1, -0.05) is 25.1 Å². The van der Waals surface area contributed by atoms with Gasteiger partial charge in [-0.3, -0.25) is 0 Å². The van der Waals surface area contributed by atoms with Crippen molar-refractivity contribution in [3.05, 3.63) is 52.5 Å². The summed E-state index contributed by atoms with van der Waals surface area (Å²) in [6, 6.07) is 14.6. The number of halogens is 1. The van der Waals surface area contributed by atoms with Crippen LogP contribution in [0.2, 0.25) is 0 Å². The van der Waals surface area contributed by atoms with E-state index in [2.05, 4.69) is 59.5 Å². The summed E-state index contributed by atoms with van der Waals surface area (Å²) in [6.45, 7) is 5.23. The molecule has 0 saturated heterocycles. The van der Waals surface area contributed by atoms with Crippen molar-refractivity contribution < 1.29 is 4.74 Å². The van der Waals surface area contributed by atoms with E-state index in [1.165, 1.54) is 5.56 Å². The molecule has 0 aliphatic carbocycles. The summed E-state index contributed by atoms with van der Waals surface area (Å²) in [4.78, 5) is 1.13. The molecule has 2 nitrogen and oxygen atoms in total. The summed E-state index contributed by atoms with van der Waals surface area (Å²) in [5.74, 6) is 1.72. The van der Waals surface area contributed by atoms with E-state index in [1.54, 1.807) is 11.8 Å². The molecule has 2 aromatic rings. The lowest BCUT2D eigenvalue weighted by Crippen LogP contribution is -2.17. The molecule has 0 fully saturated rings. The van der Waals surface area contributed by atoms with E-state index in [1.807, 2.05) is 24.3 Å². The van der Waals surface area contributed by atoms with Gasteiger partial charge in [-0.15, -0.1) is 11.8 Å². The molecule has 0 aliphatic heterocycles. The first-order chi connectivity index (χ1) is 10.2. The Bertz CT molecular complexity index is 603.